The standard InChI is InChI=1S/C12H23NO2/c1-3-10(2)12(14)13-9-15-11-7-5-4-6-8-11/h10-11H,3-9H2,1-2H3,(H,13,14). The van der Waals surface area contributed by atoms with Gasteiger partial charge in [-0.15, -0.1) is 0 Å². The zero-order chi connectivity index (χ0) is 11.1. The molecular weight excluding hydrogens is 190 g/mol. The summed E-state index contributed by atoms with van der Waals surface area (Å²) in [5.41, 5.74) is 0. The summed E-state index contributed by atoms with van der Waals surface area (Å²) >= 11 is 0. The van der Waals surface area contributed by atoms with Crippen molar-refractivity contribution in [3.63, 3.8) is 0 Å². The van der Waals surface area contributed by atoms with Gasteiger partial charge in [-0.25, -0.2) is 0 Å². The monoisotopic (exact) mass is 213 g/mol. The van der Waals surface area contributed by atoms with Gasteiger partial charge in [-0.2, -0.15) is 0 Å². The van der Waals surface area contributed by atoms with E-state index in [2.05, 4.69) is 5.32 Å². The molecular formula is C12H23NO2. The Morgan fingerprint density at radius 2 is 2.07 bits per heavy atom. The first-order valence-corrected chi connectivity index (χ1v) is 6.13. The third kappa shape index (κ3) is 4.65. The van der Waals surface area contributed by atoms with Crippen LogP contribution >= 0.6 is 0 Å². The molecule has 3 heteroatoms. The van der Waals surface area contributed by atoms with E-state index >= 15 is 0 Å². The van der Waals surface area contributed by atoms with Crippen molar-refractivity contribution in [2.75, 3.05) is 6.73 Å². The first-order chi connectivity index (χ1) is 7.24. The summed E-state index contributed by atoms with van der Waals surface area (Å²) in [4.78, 5) is 11.4. The Morgan fingerprint density at radius 3 is 2.67 bits per heavy atom. The summed E-state index contributed by atoms with van der Waals surface area (Å²) in [6, 6.07) is 0. The van der Waals surface area contributed by atoms with Gasteiger partial charge in [0.15, 0.2) is 0 Å². The number of ether oxygens (including phenoxy) is 1. The smallest absolute Gasteiger partial charge is 0.224 e. The molecule has 0 spiro atoms. The fraction of sp³-hybridized carbons (Fsp3) is 0.917. The number of rotatable bonds is 5. The van der Waals surface area contributed by atoms with Gasteiger partial charge in [-0.05, 0) is 19.3 Å². The Hall–Kier alpha value is -0.570. The molecule has 0 heterocycles. The van der Waals surface area contributed by atoms with Crippen LogP contribution in [0.15, 0.2) is 0 Å². The minimum Gasteiger partial charge on any atom is -0.358 e. The number of hydrogen-bond donors (Lipinski definition) is 1. The number of nitrogens with one attached hydrogen (secondary N) is 1. The zero-order valence-corrected chi connectivity index (χ0v) is 9.92. The van der Waals surface area contributed by atoms with Crippen LogP contribution in [0.3, 0.4) is 0 Å². The molecule has 1 aliphatic carbocycles. The second-order valence-electron chi connectivity index (χ2n) is 4.42. The lowest BCUT2D eigenvalue weighted by molar-refractivity contribution is -0.127. The highest BCUT2D eigenvalue weighted by Crippen LogP contribution is 2.19. The second kappa shape index (κ2) is 6.83. The Bertz CT molecular complexity index is 188. The molecule has 0 radical (unpaired) electrons. The fourth-order valence-electron chi connectivity index (χ4n) is 1.82. The average Bonchev–Trinajstić information content (AvgIpc) is 2.29. The quantitative estimate of drug-likeness (QED) is 0.712. The van der Waals surface area contributed by atoms with Crippen LogP contribution in [-0.2, 0) is 9.53 Å². The Labute approximate surface area is 92.6 Å². The molecule has 0 bridgehead atoms. The van der Waals surface area contributed by atoms with E-state index in [0.717, 1.165) is 19.3 Å². The molecule has 0 saturated heterocycles. The number of carbonyl (C=O) groups excluding carboxylic acids is 1. The topological polar surface area (TPSA) is 38.3 Å². The molecule has 1 amide bonds. The van der Waals surface area contributed by atoms with E-state index in [-0.39, 0.29) is 11.8 Å². The van der Waals surface area contributed by atoms with E-state index in [1.54, 1.807) is 0 Å². The number of hydrogen-bond acceptors (Lipinski definition) is 2. The van der Waals surface area contributed by atoms with Crippen LogP contribution in [0.5, 0.6) is 0 Å². The van der Waals surface area contributed by atoms with Crippen molar-refractivity contribution in [3.05, 3.63) is 0 Å². The Kier molecular flexibility index (Phi) is 5.69. The Morgan fingerprint density at radius 1 is 1.40 bits per heavy atom. The van der Waals surface area contributed by atoms with Crippen LogP contribution in [0, 0.1) is 5.92 Å². The molecule has 1 aliphatic rings. The van der Waals surface area contributed by atoms with Crippen LogP contribution < -0.4 is 5.32 Å². The largest absolute Gasteiger partial charge is 0.358 e. The van der Waals surface area contributed by atoms with Crippen LogP contribution in [-0.4, -0.2) is 18.7 Å². The molecule has 3 nitrogen and oxygen atoms in total. The molecule has 1 N–H and O–H groups in total. The maximum Gasteiger partial charge on any atom is 0.224 e. The number of carbonyl (C=O) groups is 1. The van der Waals surface area contributed by atoms with Crippen LogP contribution in [0.1, 0.15) is 52.4 Å². The van der Waals surface area contributed by atoms with Crippen molar-refractivity contribution in [3.8, 4) is 0 Å². The molecule has 1 saturated carbocycles. The average molecular weight is 213 g/mol. The molecule has 1 atom stereocenters. The van der Waals surface area contributed by atoms with E-state index in [1.165, 1.54) is 19.3 Å². The lowest BCUT2D eigenvalue weighted by Crippen LogP contribution is -2.33. The van der Waals surface area contributed by atoms with Gasteiger partial charge in [-0.1, -0.05) is 33.1 Å². The van der Waals surface area contributed by atoms with E-state index in [4.69, 9.17) is 4.74 Å². The van der Waals surface area contributed by atoms with Crippen LogP contribution in [0.2, 0.25) is 0 Å². The second-order valence-corrected chi connectivity index (χ2v) is 4.42. The summed E-state index contributed by atoms with van der Waals surface area (Å²) in [6.45, 7) is 4.34. The highest BCUT2D eigenvalue weighted by molar-refractivity contribution is 5.77. The molecule has 15 heavy (non-hydrogen) atoms. The van der Waals surface area contributed by atoms with Crippen molar-refractivity contribution >= 4 is 5.91 Å². The highest BCUT2D eigenvalue weighted by atomic mass is 16.5. The maximum atomic E-state index is 11.4. The molecule has 0 aromatic rings. The molecule has 1 unspecified atom stereocenters. The van der Waals surface area contributed by atoms with Crippen molar-refractivity contribution in [1.82, 2.24) is 5.32 Å². The molecule has 0 aromatic heterocycles. The molecule has 88 valence electrons. The number of amides is 1. The van der Waals surface area contributed by atoms with E-state index in [1.807, 2.05) is 13.8 Å². The lowest BCUT2D eigenvalue weighted by Gasteiger charge is -2.22. The predicted octanol–water partition coefficient (Wildman–Crippen LogP) is 2.46. The first kappa shape index (κ1) is 12.5. The minimum atomic E-state index is 0.0972. The minimum absolute atomic E-state index is 0.0972. The zero-order valence-electron chi connectivity index (χ0n) is 9.92. The molecule has 0 aromatic carbocycles. The van der Waals surface area contributed by atoms with E-state index < -0.39 is 0 Å². The summed E-state index contributed by atoms with van der Waals surface area (Å²) in [5, 5.41) is 2.82. The summed E-state index contributed by atoms with van der Waals surface area (Å²) in [7, 11) is 0. The lowest BCUT2D eigenvalue weighted by atomic mass is 9.98. The van der Waals surface area contributed by atoms with Crippen molar-refractivity contribution in [2.24, 2.45) is 5.92 Å². The highest BCUT2D eigenvalue weighted by Gasteiger charge is 2.14. The van der Waals surface area contributed by atoms with Gasteiger partial charge >= 0.3 is 0 Å². The molecule has 1 fully saturated rings. The van der Waals surface area contributed by atoms with Gasteiger partial charge in [0, 0.05) is 5.92 Å². The van der Waals surface area contributed by atoms with Gasteiger partial charge < -0.3 is 10.1 Å². The normalized spacial score (nSPS) is 19.9. The predicted molar refractivity (Wildman–Crippen MR) is 60.4 cm³/mol. The van der Waals surface area contributed by atoms with Gasteiger partial charge in [0.25, 0.3) is 0 Å². The SMILES string of the molecule is CCC(C)C(=O)NCOC1CCCCC1. The van der Waals surface area contributed by atoms with E-state index in [0.29, 0.717) is 12.8 Å². The summed E-state index contributed by atoms with van der Waals surface area (Å²) < 4.78 is 5.62. The van der Waals surface area contributed by atoms with Gasteiger partial charge in [0.1, 0.15) is 6.73 Å². The third-order valence-electron chi connectivity index (χ3n) is 3.18. The summed E-state index contributed by atoms with van der Waals surface area (Å²) in [5.74, 6) is 0.202. The van der Waals surface area contributed by atoms with Gasteiger partial charge in [0.05, 0.1) is 6.10 Å². The fourth-order valence-corrected chi connectivity index (χ4v) is 1.82. The Balaban J connectivity index is 2.07. The molecule has 0 aliphatic heterocycles. The third-order valence-corrected chi connectivity index (χ3v) is 3.18. The summed E-state index contributed by atoms with van der Waals surface area (Å²) in [6.07, 6.45) is 7.43. The maximum absolute atomic E-state index is 11.4. The van der Waals surface area contributed by atoms with E-state index in [9.17, 15) is 4.79 Å². The van der Waals surface area contributed by atoms with Gasteiger partial charge in [0.2, 0.25) is 5.91 Å². The van der Waals surface area contributed by atoms with Crippen molar-refractivity contribution in [2.45, 2.75) is 58.5 Å². The van der Waals surface area contributed by atoms with Crippen LogP contribution in [0.4, 0.5) is 0 Å². The molecule has 1 rings (SSSR count). The van der Waals surface area contributed by atoms with Crippen molar-refractivity contribution < 1.29 is 9.53 Å². The van der Waals surface area contributed by atoms with Crippen LogP contribution in [0.25, 0.3) is 0 Å². The first-order valence-electron chi connectivity index (χ1n) is 6.13. The van der Waals surface area contributed by atoms with Gasteiger partial charge in [-0.3, -0.25) is 4.79 Å². The van der Waals surface area contributed by atoms with Crippen molar-refractivity contribution in [1.29, 1.82) is 0 Å².